The highest BCUT2D eigenvalue weighted by atomic mass is 19.1. The Balaban J connectivity index is 1.17. The van der Waals surface area contributed by atoms with E-state index in [4.69, 9.17) is 0 Å². The quantitative estimate of drug-likeness (QED) is 0.251. The Hall–Kier alpha value is -4.14. The van der Waals surface area contributed by atoms with E-state index in [1.807, 2.05) is 24.8 Å². The third-order valence-corrected chi connectivity index (χ3v) is 7.28. The molecule has 0 unspecified atom stereocenters. The molecule has 2 aromatic heterocycles. The van der Waals surface area contributed by atoms with Gasteiger partial charge in [0.1, 0.15) is 11.5 Å². The lowest BCUT2D eigenvalue weighted by Crippen LogP contribution is -2.30. The maximum atomic E-state index is 14.2. The molecule has 3 amide bonds. The fourth-order valence-corrected chi connectivity index (χ4v) is 5.26. The van der Waals surface area contributed by atoms with E-state index < -0.39 is 0 Å². The summed E-state index contributed by atoms with van der Waals surface area (Å²) >= 11 is 0. The summed E-state index contributed by atoms with van der Waals surface area (Å²) in [6, 6.07) is 10.3. The molecule has 38 heavy (non-hydrogen) atoms. The van der Waals surface area contributed by atoms with Crippen LogP contribution in [0.4, 0.5) is 4.39 Å². The number of carbonyl (C=O) groups excluding carboxylic acids is 3. The highest BCUT2D eigenvalue weighted by Crippen LogP contribution is 2.28. The molecule has 1 aliphatic heterocycles. The molecule has 3 heterocycles. The number of halogens is 1. The molecule has 0 saturated carbocycles. The van der Waals surface area contributed by atoms with Crippen LogP contribution in [0.3, 0.4) is 0 Å². The van der Waals surface area contributed by atoms with Crippen LogP contribution in [0.15, 0.2) is 36.4 Å². The number of aromatic amines is 2. The van der Waals surface area contributed by atoms with Crippen LogP contribution in [0, 0.1) is 19.7 Å². The van der Waals surface area contributed by atoms with Crippen LogP contribution in [0.2, 0.25) is 0 Å². The van der Waals surface area contributed by atoms with Crippen molar-refractivity contribution in [2.45, 2.75) is 39.5 Å². The van der Waals surface area contributed by atoms with Gasteiger partial charge in [-0.3, -0.25) is 14.4 Å². The van der Waals surface area contributed by atoms with E-state index in [2.05, 4.69) is 20.6 Å². The smallest absolute Gasteiger partial charge is 0.267 e. The molecule has 5 rings (SSSR count). The summed E-state index contributed by atoms with van der Waals surface area (Å²) < 4.78 is 14.2. The van der Waals surface area contributed by atoms with Crippen LogP contribution in [-0.4, -0.2) is 58.8 Å². The third kappa shape index (κ3) is 5.14. The second kappa shape index (κ2) is 10.7. The lowest BCUT2D eigenvalue weighted by Gasteiger charge is -2.15. The highest BCUT2D eigenvalue weighted by molar-refractivity contribution is 6.01. The molecule has 0 bridgehead atoms. The normalized spacial score (nSPS) is 13.6. The van der Waals surface area contributed by atoms with E-state index in [9.17, 15) is 18.8 Å². The van der Waals surface area contributed by atoms with Crippen molar-refractivity contribution in [3.8, 4) is 0 Å². The molecule has 0 aliphatic carbocycles. The van der Waals surface area contributed by atoms with Gasteiger partial charge in [0.2, 0.25) is 5.91 Å². The van der Waals surface area contributed by atoms with Crippen LogP contribution in [0.1, 0.15) is 56.9 Å². The van der Waals surface area contributed by atoms with Crippen molar-refractivity contribution in [1.82, 2.24) is 25.5 Å². The Morgan fingerprint density at radius 2 is 1.84 bits per heavy atom. The van der Waals surface area contributed by atoms with Crippen molar-refractivity contribution in [3.63, 3.8) is 0 Å². The van der Waals surface area contributed by atoms with Gasteiger partial charge in [0.15, 0.2) is 0 Å². The Morgan fingerprint density at radius 3 is 2.63 bits per heavy atom. The second-order valence-electron chi connectivity index (χ2n) is 9.93. The van der Waals surface area contributed by atoms with E-state index in [1.165, 1.54) is 6.07 Å². The SMILES string of the molecule is Cc1[nH]c2c(F)ccc(C)c2c1CCNC(=O)c1cc2ccc(C(=O)NCCCN3CCCC3=O)cc2[nH]1. The van der Waals surface area contributed by atoms with Crippen LogP contribution in [-0.2, 0) is 11.2 Å². The number of fused-ring (bicyclic) bond motifs is 2. The molecule has 4 N–H and O–H groups in total. The first-order chi connectivity index (χ1) is 18.3. The standard InChI is InChI=1S/C29H32FN5O3/c1-17-6-9-22(30)27-26(17)21(18(2)33-27)10-12-32-29(38)24-15-19-7-8-20(16-23(19)34-24)28(37)31-11-4-14-35-13-3-5-25(35)36/h6-9,15-16,33-34H,3-5,10-14H2,1-2H3,(H,31,37)(H,32,38). The average molecular weight is 518 g/mol. The number of aryl methyl sites for hydroxylation is 2. The molecular formula is C29H32FN5O3. The molecule has 1 saturated heterocycles. The van der Waals surface area contributed by atoms with Gasteiger partial charge < -0.3 is 25.5 Å². The lowest BCUT2D eigenvalue weighted by molar-refractivity contribution is -0.127. The molecule has 0 atom stereocenters. The number of H-pyrrole nitrogens is 2. The van der Waals surface area contributed by atoms with Crippen molar-refractivity contribution < 1.29 is 18.8 Å². The molecule has 0 radical (unpaired) electrons. The summed E-state index contributed by atoms with van der Waals surface area (Å²) in [7, 11) is 0. The van der Waals surface area contributed by atoms with Crippen LogP contribution in [0.25, 0.3) is 21.8 Å². The van der Waals surface area contributed by atoms with Crippen LogP contribution < -0.4 is 10.6 Å². The van der Waals surface area contributed by atoms with Crippen LogP contribution in [0.5, 0.6) is 0 Å². The summed E-state index contributed by atoms with van der Waals surface area (Å²) in [6.07, 6.45) is 2.80. The zero-order chi connectivity index (χ0) is 26.8. The number of hydrogen-bond acceptors (Lipinski definition) is 3. The predicted molar refractivity (Wildman–Crippen MR) is 145 cm³/mol. The van der Waals surface area contributed by atoms with E-state index in [-0.39, 0.29) is 23.5 Å². The fourth-order valence-electron chi connectivity index (χ4n) is 5.26. The van der Waals surface area contributed by atoms with E-state index >= 15 is 0 Å². The van der Waals surface area contributed by atoms with Crippen LogP contribution >= 0.6 is 0 Å². The van der Waals surface area contributed by atoms with Gasteiger partial charge in [0.25, 0.3) is 11.8 Å². The van der Waals surface area contributed by atoms with Crippen molar-refractivity contribution >= 4 is 39.5 Å². The largest absolute Gasteiger partial charge is 0.356 e. The Labute approximate surface area is 220 Å². The second-order valence-corrected chi connectivity index (χ2v) is 9.93. The van der Waals surface area contributed by atoms with Gasteiger partial charge >= 0.3 is 0 Å². The van der Waals surface area contributed by atoms with E-state index in [1.54, 1.807) is 24.3 Å². The molecular weight excluding hydrogens is 485 g/mol. The molecule has 2 aromatic carbocycles. The van der Waals surface area contributed by atoms with Gasteiger partial charge in [-0.25, -0.2) is 4.39 Å². The molecule has 198 valence electrons. The van der Waals surface area contributed by atoms with Gasteiger partial charge in [-0.2, -0.15) is 0 Å². The van der Waals surface area contributed by atoms with Gasteiger partial charge in [-0.1, -0.05) is 12.1 Å². The monoisotopic (exact) mass is 517 g/mol. The number of likely N-dealkylation sites (tertiary alicyclic amines) is 1. The first-order valence-electron chi connectivity index (χ1n) is 13.0. The van der Waals surface area contributed by atoms with Gasteiger partial charge in [0, 0.05) is 60.1 Å². The number of nitrogens with zero attached hydrogens (tertiary/aromatic N) is 1. The zero-order valence-corrected chi connectivity index (χ0v) is 21.7. The zero-order valence-electron chi connectivity index (χ0n) is 21.7. The maximum Gasteiger partial charge on any atom is 0.267 e. The number of amides is 3. The third-order valence-electron chi connectivity index (χ3n) is 7.28. The topological polar surface area (TPSA) is 110 Å². The first-order valence-corrected chi connectivity index (χ1v) is 13.0. The first kappa shape index (κ1) is 25.5. The minimum absolute atomic E-state index is 0.187. The van der Waals surface area contributed by atoms with Crippen molar-refractivity contribution in [3.05, 3.63) is 70.3 Å². The Bertz CT molecular complexity index is 1540. The Kier molecular flexibility index (Phi) is 7.18. The lowest BCUT2D eigenvalue weighted by atomic mass is 10.0. The number of rotatable bonds is 9. The van der Waals surface area contributed by atoms with Gasteiger partial charge in [-0.15, -0.1) is 0 Å². The summed E-state index contributed by atoms with van der Waals surface area (Å²) in [5.74, 6) is -0.536. The van der Waals surface area contributed by atoms with E-state index in [0.717, 1.165) is 40.6 Å². The molecule has 8 nitrogen and oxygen atoms in total. The van der Waals surface area contributed by atoms with Gasteiger partial charge in [0.05, 0.1) is 5.52 Å². The number of carbonyl (C=O) groups is 3. The van der Waals surface area contributed by atoms with E-state index in [0.29, 0.717) is 61.2 Å². The summed E-state index contributed by atoms with van der Waals surface area (Å²) in [4.78, 5) is 45.2. The summed E-state index contributed by atoms with van der Waals surface area (Å²) in [6.45, 7) is 6.21. The van der Waals surface area contributed by atoms with Crippen molar-refractivity contribution in [2.24, 2.45) is 0 Å². The summed E-state index contributed by atoms with van der Waals surface area (Å²) in [5.41, 5.74) is 4.99. The maximum absolute atomic E-state index is 14.2. The number of aromatic nitrogens is 2. The van der Waals surface area contributed by atoms with Crippen molar-refractivity contribution in [1.29, 1.82) is 0 Å². The molecule has 1 aliphatic rings. The average Bonchev–Trinajstić information content (AvgIpc) is 3.61. The fraction of sp³-hybridized carbons (Fsp3) is 0.345. The number of hydrogen-bond donors (Lipinski definition) is 4. The minimum atomic E-state index is -0.284. The molecule has 0 spiro atoms. The number of benzene rings is 2. The molecule has 4 aromatic rings. The molecule has 1 fully saturated rings. The van der Waals surface area contributed by atoms with Crippen molar-refractivity contribution in [2.75, 3.05) is 26.2 Å². The predicted octanol–water partition coefficient (Wildman–Crippen LogP) is 4.12. The minimum Gasteiger partial charge on any atom is -0.356 e. The molecule has 9 heteroatoms. The number of nitrogens with one attached hydrogen (secondary N) is 4. The Morgan fingerprint density at radius 1 is 1.03 bits per heavy atom. The highest BCUT2D eigenvalue weighted by Gasteiger charge is 2.19. The summed E-state index contributed by atoms with van der Waals surface area (Å²) in [5, 5.41) is 7.54. The van der Waals surface area contributed by atoms with Gasteiger partial charge in [-0.05, 0) is 68.5 Å².